The molecule has 0 bridgehead atoms. The van der Waals surface area contributed by atoms with Crippen molar-refractivity contribution in [1.82, 2.24) is 10.2 Å². The highest BCUT2D eigenvalue weighted by Crippen LogP contribution is 2.45. The molecule has 1 heterocycles. The lowest BCUT2D eigenvalue weighted by molar-refractivity contribution is -0.126. The summed E-state index contributed by atoms with van der Waals surface area (Å²) in [5, 5.41) is 3.29. The van der Waals surface area contributed by atoms with Gasteiger partial charge in [0.25, 0.3) is 0 Å². The zero-order chi connectivity index (χ0) is 14.8. The predicted octanol–water partition coefficient (Wildman–Crippen LogP) is 2.19. The van der Waals surface area contributed by atoms with E-state index in [-0.39, 0.29) is 11.3 Å². The van der Waals surface area contributed by atoms with Crippen LogP contribution in [0.3, 0.4) is 0 Å². The van der Waals surface area contributed by atoms with Gasteiger partial charge in [0.15, 0.2) is 0 Å². The topological polar surface area (TPSA) is 41.6 Å². The van der Waals surface area contributed by atoms with E-state index in [1.165, 1.54) is 32.1 Å². The molecule has 1 amide bonds. The van der Waals surface area contributed by atoms with Crippen LogP contribution >= 0.6 is 0 Å². The maximum absolute atomic E-state index is 12.3. The molecule has 0 atom stereocenters. The van der Waals surface area contributed by atoms with Crippen LogP contribution in [0.2, 0.25) is 0 Å². The first-order valence-electron chi connectivity index (χ1n) is 8.71. The van der Waals surface area contributed by atoms with Crippen LogP contribution in [0.5, 0.6) is 0 Å². The van der Waals surface area contributed by atoms with Crippen molar-refractivity contribution in [2.24, 2.45) is 10.8 Å². The Bertz CT molecular complexity index is 367. The van der Waals surface area contributed by atoms with E-state index in [9.17, 15) is 4.79 Å². The molecular formula is C17H30N2O2. The molecule has 3 fully saturated rings. The van der Waals surface area contributed by atoms with Crippen LogP contribution in [0.4, 0.5) is 0 Å². The Morgan fingerprint density at radius 2 is 1.76 bits per heavy atom. The number of nitrogens with one attached hydrogen (secondary N) is 1. The third-order valence-corrected chi connectivity index (χ3v) is 5.75. The Morgan fingerprint density at radius 3 is 2.38 bits per heavy atom. The highest BCUT2D eigenvalue weighted by atomic mass is 16.5. The largest absolute Gasteiger partial charge is 0.379 e. The molecule has 2 saturated carbocycles. The van der Waals surface area contributed by atoms with E-state index in [4.69, 9.17) is 4.74 Å². The van der Waals surface area contributed by atoms with E-state index in [1.54, 1.807) is 0 Å². The Morgan fingerprint density at radius 1 is 1.10 bits per heavy atom. The van der Waals surface area contributed by atoms with Gasteiger partial charge in [-0.25, -0.2) is 0 Å². The molecular weight excluding hydrogens is 264 g/mol. The Kier molecular flexibility index (Phi) is 4.55. The first kappa shape index (κ1) is 15.3. The number of hydrogen-bond donors (Lipinski definition) is 1. The molecule has 120 valence electrons. The molecule has 4 heteroatoms. The summed E-state index contributed by atoms with van der Waals surface area (Å²) >= 11 is 0. The van der Waals surface area contributed by atoms with Crippen LogP contribution in [0.1, 0.15) is 51.9 Å². The molecule has 1 aliphatic heterocycles. The summed E-state index contributed by atoms with van der Waals surface area (Å²) in [5.41, 5.74) is 0.255. The number of hydrogen-bond acceptors (Lipinski definition) is 3. The smallest absolute Gasteiger partial charge is 0.225 e. The number of rotatable bonds is 5. The monoisotopic (exact) mass is 294 g/mol. The molecule has 0 radical (unpaired) electrons. The summed E-state index contributed by atoms with van der Waals surface area (Å²) in [6.07, 6.45) is 8.65. The minimum absolute atomic E-state index is 0.0468. The van der Waals surface area contributed by atoms with E-state index in [0.29, 0.717) is 5.41 Å². The molecule has 1 saturated heterocycles. The van der Waals surface area contributed by atoms with Crippen molar-refractivity contribution >= 4 is 5.91 Å². The summed E-state index contributed by atoms with van der Waals surface area (Å²) in [6, 6.07) is 0. The number of ether oxygens (including phenoxy) is 1. The summed E-state index contributed by atoms with van der Waals surface area (Å²) in [6.45, 7) is 7.92. The zero-order valence-electron chi connectivity index (χ0n) is 13.5. The average Bonchev–Trinajstić information content (AvgIpc) is 3.26. The van der Waals surface area contributed by atoms with Gasteiger partial charge in [-0.05, 0) is 25.7 Å². The normalized spacial score (nSPS) is 28.0. The van der Waals surface area contributed by atoms with Crippen molar-refractivity contribution in [1.29, 1.82) is 0 Å². The molecule has 3 rings (SSSR count). The van der Waals surface area contributed by atoms with Crippen molar-refractivity contribution < 1.29 is 9.53 Å². The van der Waals surface area contributed by atoms with E-state index in [0.717, 1.165) is 52.2 Å². The van der Waals surface area contributed by atoms with E-state index < -0.39 is 0 Å². The lowest BCUT2D eigenvalue weighted by atomic mass is 9.73. The maximum Gasteiger partial charge on any atom is 0.225 e. The number of carbonyl (C=O) groups excluding carboxylic acids is 1. The molecule has 1 N–H and O–H groups in total. The van der Waals surface area contributed by atoms with Crippen LogP contribution in [0.25, 0.3) is 0 Å². The van der Waals surface area contributed by atoms with E-state index in [1.807, 2.05) is 0 Å². The van der Waals surface area contributed by atoms with Crippen molar-refractivity contribution in [2.75, 3.05) is 39.4 Å². The van der Waals surface area contributed by atoms with Gasteiger partial charge in [0, 0.05) is 37.0 Å². The summed E-state index contributed by atoms with van der Waals surface area (Å²) in [7, 11) is 0. The molecule has 0 aromatic rings. The van der Waals surface area contributed by atoms with Gasteiger partial charge < -0.3 is 10.1 Å². The van der Waals surface area contributed by atoms with Gasteiger partial charge in [-0.15, -0.1) is 0 Å². The minimum atomic E-state index is -0.0468. The van der Waals surface area contributed by atoms with Gasteiger partial charge in [0.05, 0.1) is 13.2 Å². The Balaban J connectivity index is 1.57. The second-order valence-electron chi connectivity index (χ2n) is 7.69. The fourth-order valence-electron chi connectivity index (χ4n) is 3.82. The van der Waals surface area contributed by atoms with Crippen molar-refractivity contribution in [2.45, 2.75) is 51.9 Å². The van der Waals surface area contributed by atoms with Crippen molar-refractivity contribution in [3.8, 4) is 0 Å². The second kappa shape index (κ2) is 6.25. The quantitative estimate of drug-likeness (QED) is 0.845. The SMILES string of the molecule is CC1(C(=O)NCC2(CN3CCOCC3)CCCCC2)CC1. The summed E-state index contributed by atoms with van der Waals surface area (Å²) in [5.74, 6) is 0.287. The van der Waals surface area contributed by atoms with Gasteiger partial charge in [0.2, 0.25) is 5.91 Å². The molecule has 0 aromatic carbocycles. The van der Waals surface area contributed by atoms with Gasteiger partial charge in [-0.3, -0.25) is 9.69 Å². The van der Waals surface area contributed by atoms with E-state index >= 15 is 0 Å². The molecule has 4 nitrogen and oxygen atoms in total. The second-order valence-corrected chi connectivity index (χ2v) is 7.69. The van der Waals surface area contributed by atoms with E-state index in [2.05, 4.69) is 17.1 Å². The molecule has 0 unspecified atom stereocenters. The fraction of sp³-hybridized carbons (Fsp3) is 0.941. The zero-order valence-corrected chi connectivity index (χ0v) is 13.5. The third kappa shape index (κ3) is 3.78. The minimum Gasteiger partial charge on any atom is -0.379 e. The lowest BCUT2D eigenvalue weighted by Crippen LogP contribution is -2.50. The highest BCUT2D eigenvalue weighted by Gasteiger charge is 2.45. The molecule has 2 aliphatic carbocycles. The lowest BCUT2D eigenvalue weighted by Gasteiger charge is -2.42. The highest BCUT2D eigenvalue weighted by molar-refractivity contribution is 5.84. The number of morpholine rings is 1. The van der Waals surface area contributed by atoms with Gasteiger partial charge in [0.1, 0.15) is 0 Å². The van der Waals surface area contributed by atoms with Crippen LogP contribution in [-0.4, -0.2) is 50.2 Å². The number of nitrogens with zero attached hydrogens (tertiary/aromatic N) is 1. The predicted molar refractivity (Wildman–Crippen MR) is 83.1 cm³/mol. The fourth-order valence-corrected chi connectivity index (χ4v) is 3.82. The van der Waals surface area contributed by atoms with Crippen LogP contribution in [0.15, 0.2) is 0 Å². The Labute approximate surface area is 128 Å². The van der Waals surface area contributed by atoms with Crippen LogP contribution in [-0.2, 0) is 9.53 Å². The van der Waals surface area contributed by atoms with Gasteiger partial charge in [-0.1, -0.05) is 26.2 Å². The number of carbonyl (C=O) groups is 1. The molecule has 3 aliphatic rings. The third-order valence-electron chi connectivity index (χ3n) is 5.75. The van der Waals surface area contributed by atoms with Crippen LogP contribution < -0.4 is 5.32 Å². The van der Waals surface area contributed by atoms with Crippen molar-refractivity contribution in [3.63, 3.8) is 0 Å². The molecule has 21 heavy (non-hydrogen) atoms. The Hall–Kier alpha value is -0.610. The van der Waals surface area contributed by atoms with Gasteiger partial charge in [-0.2, -0.15) is 0 Å². The van der Waals surface area contributed by atoms with Crippen molar-refractivity contribution in [3.05, 3.63) is 0 Å². The van der Waals surface area contributed by atoms with Crippen LogP contribution in [0, 0.1) is 10.8 Å². The molecule has 0 aromatic heterocycles. The maximum atomic E-state index is 12.3. The summed E-state index contributed by atoms with van der Waals surface area (Å²) < 4.78 is 5.46. The average molecular weight is 294 g/mol. The summed E-state index contributed by atoms with van der Waals surface area (Å²) in [4.78, 5) is 14.8. The first-order valence-corrected chi connectivity index (χ1v) is 8.71. The first-order chi connectivity index (χ1) is 10.1. The number of amides is 1. The molecule has 0 spiro atoms. The van der Waals surface area contributed by atoms with Gasteiger partial charge >= 0.3 is 0 Å². The standard InChI is InChI=1S/C17H30N2O2/c1-16(7-8-16)15(20)18-13-17(5-3-2-4-6-17)14-19-9-11-21-12-10-19/h2-14H2,1H3,(H,18,20).